The Kier molecular flexibility index (Phi) is 5.54. The highest BCUT2D eigenvalue weighted by atomic mass is 35.5. The van der Waals surface area contributed by atoms with Crippen LogP contribution in [0.25, 0.3) is 27.7 Å². The Balaban J connectivity index is 0.00000231. The summed E-state index contributed by atoms with van der Waals surface area (Å²) in [6.45, 7) is 4.04. The number of piperidine rings is 1. The van der Waals surface area contributed by atoms with Crippen LogP contribution >= 0.6 is 12.4 Å². The van der Waals surface area contributed by atoms with Crippen LogP contribution in [-0.4, -0.2) is 33.5 Å². The lowest BCUT2D eigenvalue weighted by atomic mass is 9.81. The van der Waals surface area contributed by atoms with E-state index in [1.54, 1.807) is 12.3 Å². The van der Waals surface area contributed by atoms with E-state index in [0.717, 1.165) is 53.6 Å². The highest BCUT2D eigenvalue weighted by Crippen LogP contribution is 2.44. The zero-order valence-corrected chi connectivity index (χ0v) is 19.1. The third-order valence-corrected chi connectivity index (χ3v) is 7.09. The van der Waals surface area contributed by atoms with E-state index in [1.165, 1.54) is 12.7 Å². The lowest BCUT2D eigenvalue weighted by Crippen LogP contribution is -2.35. The number of primary sulfonamides is 1. The molecule has 31 heavy (non-hydrogen) atoms. The van der Waals surface area contributed by atoms with Gasteiger partial charge in [0.25, 0.3) is 0 Å². The molecule has 6 nitrogen and oxygen atoms in total. The predicted molar refractivity (Wildman–Crippen MR) is 124 cm³/mol. The number of rotatable bonds is 4. The fourth-order valence-electron chi connectivity index (χ4n) is 4.76. The molecular weight excluding hydrogens is 436 g/mol. The molecule has 0 amide bonds. The Morgan fingerprint density at radius 1 is 1.13 bits per heavy atom. The van der Waals surface area contributed by atoms with Crippen molar-refractivity contribution >= 4 is 39.0 Å². The van der Waals surface area contributed by atoms with Gasteiger partial charge in [-0.25, -0.2) is 13.6 Å². The minimum atomic E-state index is -3.93. The van der Waals surface area contributed by atoms with Gasteiger partial charge in [-0.3, -0.25) is 0 Å². The molecule has 4 heterocycles. The molecule has 2 bridgehead atoms. The lowest BCUT2D eigenvalue weighted by molar-refractivity contribution is 0.252. The second-order valence-electron chi connectivity index (χ2n) is 8.15. The largest absolute Gasteiger partial charge is 0.495 e. The number of fused-ring (bicyclic) bond motifs is 3. The molecule has 2 N–H and O–H groups in total. The summed E-state index contributed by atoms with van der Waals surface area (Å²) in [7, 11) is -2.46. The van der Waals surface area contributed by atoms with Gasteiger partial charge in [0.1, 0.15) is 16.2 Å². The van der Waals surface area contributed by atoms with Crippen LogP contribution in [0.15, 0.2) is 52.1 Å². The number of nitrogens with two attached hydrogens (primary N) is 1. The minimum Gasteiger partial charge on any atom is -0.495 e. The van der Waals surface area contributed by atoms with Crippen molar-refractivity contribution in [2.24, 2.45) is 11.1 Å². The van der Waals surface area contributed by atoms with E-state index in [9.17, 15) is 8.42 Å². The molecule has 0 aliphatic carbocycles. The molecule has 164 valence electrons. The highest BCUT2D eigenvalue weighted by molar-refractivity contribution is 7.89. The highest BCUT2D eigenvalue weighted by Gasteiger charge is 2.30. The summed E-state index contributed by atoms with van der Waals surface area (Å²) in [4.78, 5) is 2.36. The summed E-state index contributed by atoms with van der Waals surface area (Å²) in [5.74, 6) is 0.776. The van der Waals surface area contributed by atoms with Crippen LogP contribution in [0.4, 0.5) is 0 Å². The lowest BCUT2D eigenvalue weighted by Gasteiger charge is -2.39. The number of methoxy groups -OCH3 is 1. The number of aryl methyl sites for hydroxylation is 1. The maximum absolute atomic E-state index is 12.2. The predicted octanol–water partition coefficient (Wildman–Crippen LogP) is 4.55. The molecule has 6 rings (SSSR count). The van der Waals surface area contributed by atoms with Crippen LogP contribution in [0.3, 0.4) is 0 Å². The molecule has 3 aromatic rings. The smallest absolute Gasteiger partial charge is 0.241 e. The van der Waals surface area contributed by atoms with Gasteiger partial charge in [0.05, 0.1) is 13.4 Å². The van der Waals surface area contributed by atoms with Gasteiger partial charge < -0.3 is 14.1 Å². The third kappa shape index (κ3) is 3.71. The molecule has 3 aliphatic heterocycles. The van der Waals surface area contributed by atoms with E-state index < -0.39 is 10.0 Å². The molecule has 0 atom stereocenters. The molecule has 0 spiro atoms. The molecule has 1 saturated heterocycles. The fraction of sp³-hybridized carbons (Fsp3) is 0.304. The normalized spacial score (nSPS) is 16.4. The SMILES string of the molecule is COc1c(-c2cc(C3=CN4CCC3CC4)c3occc3c2)cc(C)cc1S(N)(=O)=O.Cl. The monoisotopic (exact) mass is 460 g/mol. The molecule has 0 radical (unpaired) electrons. The zero-order chi connectivity index (χ0) is 21.0. The van der Waals surface area contributed by atoms with Crippen molar-refractivity contribution in [3.05, 3.63) is 53.9 Å². The Hall–Kier alpha value is -2.48. The summed E-state index contributed by atoms with van der Waals surface area (Å²) >= 11 is 0. The number of hydrogen-bond donors (Lipinski definition) is 1. The van der Waals surface area contributed by atoms with E-state index >= 15 is 0 Å². The number of hydrogen-bond acceptors (Lipinski definition) is 5. The van der Waals surface area contributed by atoms with Crippen LogP contribution in [0.5, 0.6) is 5.75 Å². The van der Waals surface area contributed by atoms with E-state index in [4.69, 9.17) is 14.3 Å². The van der Waals surface area contributed by atoms with Gasteiger partial charge in [-0.2, -0.15) is 0 Å². The average molecular weight is 461 g/mol. The fourth-order valence-corrected chi connectivity index (χ4v) is 5.56. The molecular formula is C23H25ClN2O4S. The number of benzene rings is 2. The van der Waals surface area contributed by atoms with Gasteiger partial charge in [0.2, 0.25) is 10.0 Å². The zero-order valence-electron chi connectivity index (χ0n) is 17.4. The first-order chi connectivity index (χ1) is 14.3. The molecule has 1 fully saturated rings. The second kappa shape index (κ2) is 7.89. The van der Waals surface area contributed by atoms with Gasteiger partial charge in [-0.1, -0.05) is 0 Å². The van der Waals surface area contributed by atoms with E-state index in [2.05, 4.69) is 17.2 Å². The van der Waals surface area contributed by atoms with Gasteiger partial charge >= 0.3 is 0 Å². The third-order valence-electron chi connectivity index (χ3n) is 6.17. The van der Waals surface area contributed by atoms with Crippen LogP contribution in [0, 0.1) is 12.8 Å². The first-order valence-electron chi connectivity index (χ1n) is 10.0. The Morgan fingerprint density at radius 3 is 2.48 bits per heavy atom. The van der Waals surface area contributed by atoms with Gasteiger partial charge in [0.15, 0.2) is 0 Å². The van der Waals surface area contributed by atoms with Gasteiger partial charge in [-0.05, 0) is 72.7 Å². The summed E-state index contributed by atoms with van der Waals surface area (Å²) in [5, 5.41) is 6.45. The van der Waals surface area contributed by atoms with Crippen LogP contribution in [0.2, 0.25) is 0 Å². The average Bonchev–Trinajstić information content (AvgIpc) is 3.21. The van der Waals surface area contributed by atoms with E-state index in [1.807, 2.05) is 25.1 Å². The quantitative estimate of drug-likeness (QED) is 0.617. The van der Waals surface area contributed by atoms with Crippen molar-refractivity contribution in [2.75, 3.05) is 20.2 Å². The maximum Gasteiger partial charge on any atom is 0.241 e. The van der Waals surface area contributed by atoms with Crippen molar-refractivity contribution in [1.82, 2.24) is 4.90 Å². The Bertz CT molecular complexity index is 1290. The Morgan fingerprint density at radius 2 is 1.87 bits per heavy atom. The van der Waals surface area contributed by atoms with Crippen molar-refractivity contribution in [3.63, 3.8) is 0 Å². The van der Waals surface area contributed by atoms with Crippen LogP contribution in [-0.2, 0) is 10.0 Å². The second-order valence-corrected chi connectivity index (χ2v) is 9.68. The number of sulfonamides is 1. The van der Waals surface area contributed by atoms with Crippen molar-refractivity contribution in [1.29, 1.82) is 0 Å². The first kappa shape index (κ1) is 21.7. The van der Waals surface area contributed by atoms with Crippen molar-refractivity contribution in [2.45, 2.75) is 24.7 Å². The number of ether oxygens (including phenoxy) is 1. The molecule has 1 aromatic heterocycles. The number of furan rings is 1. The summed E-state index contributed by atoms with van der Waals surface area (Å²) in [6.07, 6.45) is 6.23. The summed E-state index contributed by atoms with van der Waals surface area (Å²) in [5.41, 5.74) is 5.58. The molecule has 0 saturated carbocycles. The number of nitrogens with zero attached hydrogens (tertiary/aromatic N) is 1. The van der Waals surface area contributed by atoms with Crippen molar-refractivity contribution < 1.29 is 17.6 Å². The standard InChI is InChI=1S/C23H24N2O4S.ClH/c1-14-9-18(23(28-2)21(10-14)30(24,26)27)17-11-16-5-8-29-22(16)19(12-17)20-13-25-6-3-15(20)4-7-25;/h5,8-13,15H,3-4,6-7H2,1-2H3,(H2,24,26,27);1H. The first-order valence-corrected chi connectivity index (χ1v) is 11.6. The van der Waals surface area contributed by atoms with Crippen LogP contribution < -0.4 is 9.88 Å². The summed E-state index contributed by atoms with van der Waals surface area (Å²) < 4.78 is 35.8. The van der Waals surface area contributed by atoms with E-state index in [0.29, 0.717) is 11.5 Å². The number of allylic oxidation sites excluding steroid dienone is 1. The molecule has 2 aromatic carbocycles. The molecule has 8 heteroatoms. The number of halogens is 1. The molecule has 3 aliphatic rings. The van der Waals surface area contributed by atoms with Crippen LogP contribution in [0.1, 0.15) is 24.0 Å². The molecule has 0 unspecified atom stereocenters. The van der Waals surface area contributed by atoms with Gasteiger partial charge in [-0.15, -0.1) is 12.4 Å². The maximum atomic E-state index is 12.2. The Labute approximate surface area is 188 Å². The van der Waals surface area contributed by atoms with E-state index in [-0.39, 0.29) is 23.1 Å². The van der Waals surface area contributed by atoms with Gasteiger partial charge in [0, 0.05) is 35.8 Å². The summed E-state index contributed by atoms with van der Waals surface area (Å²) in [6, 6.07) is 9.51. The minimum absolute atomic E-state index is 0. The topological polar surface area (TPSA) is 85.8 Å². The van der Waals surface area contributed by atoms with Crippen molar-refractivity contribution in [3.8, 4) is 16.9 Å².